The van der Waals surface area contributed by atoms with Crippen molar-refractivity contribution in [2.45, 2.75) is 37.6 Å². The number of aromatic nitrogens is 2. The van der Waals surface area contributed by atoms with Gasteiger partial charge in [-0.05, 0) is 31.3 Å². The zero-order valence-electron chi connectivity index (χ0n) is 16.6. The second kappa shape index (κ2) is 8.32. The fourth-order valence-corrected chi connectivity index (χ4v) is 4.90. The van der Waals surface area contributed by atoms with E-state index in [1.807, 2.05) is 35.4 Å². The first kappa shape index (κ1) is 19.6. The first-order valence-corrected chi connectivity index (χ1v) is 10.8. The van der Waals surface area contributed by atoms with Crippen LogP contribution in [-0.2, 0) is 29.7 Å². The minimum Gasteiger partial charge on any atom is -0.359 e. The summed E-state index contributed by atoms with van der Waals surface area (Å²) in [6, 6.07) is 4.05. The largest absolute Gasteiger partial charge is 0.359 e. The van der Waals surface area contributed by atoms with Gasteiger partial charge in [0.05, 0.1) is 18.3 Å². The van der Waals surface area contributed by atoms with E-state index in [0.717, 1.165) is 43.9 Å². The Morgan fingerprint density at radius 2 is 2.21 bits per heavy atom. The number of carbonyl (C=O) groups excluding carboxylic acids is 1. The molecule has 1 atom stereocenters. The smallest absolute Gasteiger partial charge is 0.250 e. The molecule has 0 aromatic carbocycles. The summed E-state index contributed by atoms with van der Waals surface area (Å²) in [7, 11) is 4.04. The summed E-state index contributed by atoms with van der Waals surface area (Å²) < 4.78 is 8.27. The number of piperidine rings is 1. The lowest BCUT2D eigenvalue weighted by Crippen LogP contribution is -2.61. The van der Waals surface area contributed by atoms with E-state index in [-0.39, 0.29) is 11.5 Å². The van der Waals surface area contributed by atoms with E-state index < -0.39 is 6.10 Å². The van der Waals surface area contributed by atoms with Gasteiger partial charge < -0.3 is 15.0 Å². The van der Waals surface area contributed by atoms with Crippen LogP contribution in [0.2, 0.25) is 0 Å². The van der Waals surface area contributed by atoms with Gasteiger partial charge in [0.25, 0.3) is 5.91 Å². The number of carbonyl (C=O) groups is 1. The number of nitrogens with one attached hydrogen (secondary N) is 1. The standard InChI is InChI=1S/C20H29N5O2S/c1-23-14-18(19(26)21-11-17-4-3-9-28-17)27-20(15-23)5-7-25(8-6-20)13-16-10-22-24(2)12-16/h3-4,9-10,12,18H,5-8,11,13-15H2,1-2H3,(H,21,26)/t18-/m1/s1. The Kier molecular flexibility index (Phi) is 5.82. The third-order valence-corrected chi connectivity index (χ3v) is 6.55. The molecule has 1 spiro atoms. The molecule has 2 aliphatic heterocycles. The van der Waals surface area contributed by atoms with E-state index in [1.54, 1.807) is 11.3 Å². The number of morpholine rings is 1. The molecule has 152 valence electrons. The number of amides is 1. The molecule has 2 fully saturated rings. The highest BCUT2D eigenvalue weighted by Gasteiger charge is 2.44. The third kappa shape index (κ3) is 4.63. The average Bonchev–Trinajstić information content (AvgIpc) is 3.33. The summed E-state index contributed by atoms with van der Waals surface area (Å²) in [5, 5.41) is 9.33. The number of thiophene rings is 1. The van der Waals surface area contributed by atoms with Gasteiger partial charge in [0.15, 0.2) is 0 Å². The van der Waals surface area contributed by atoms with Gasteiger partial charge in [-0.3, -0.25) is 14.4 Å². The molecule has 1 amide bonds. The Bertz CT molecular complexity index is 782. The van der Waals surface area contributed by atoms with Crippen LogP contribution in [0.15, 0.2) is 29.9 Å². The van der Waals surface area contributed by atoms with Gasteiger partial charge in [0, 0.05) is 56.4 Å². The Morgan fingerprint density at radius 3 is 2.89 bits per heavy atom. The van der Waals surface area contributed by atoms with Crippen LogP contribution < -0.4 is 5.32 Å². The highest BCUT2D eigenvalue weighted by Crippen LogP contribution is 2.32. The topological polar surface area (TPSA) is 62.6 Å². The van der Waals surface area contributed by atoms with Crippen molar-refractivity contribution in [2.24, 2.45) is 7.05 Å². The minimum atomic E-state index is -0.399. The summed E-state index contributed by atoms with van der Waals surface area (Å²) in [5.74, 6) is -0.00267. The van der Waals surface area contributed by atoms with Crippen LogP contribution in [0.1, 0.15) is 23.3 Å². The Morgan fingerprint density at radius 1 is 1.39 bits per heavy atom. The second-order valence-corrected chi connectivity index (χ2v) is 9.11. The number of ether oxygens (including phenoxy) is 1. The van der Waals surface area contributed by atoms with Crippen LogP contribution in [0, 0.1) is 0 Å². The Hall–Kier alpha value is -1.74. The first-order chi connectivity index (χ1) is 13.5. The summed E-state index contributed by atoms with van der Waals surface area (Å²) >= 11 is 1.66. The molecular formula is C20H29N5O2S. The van der Waals surface area contributed by atoms with E-state index in [0.29, 0.717) is 13.1 Å². The summed E-state index contributed by atoms with van der Waals surface area (Å²) in [6.07, 6.45) is 5.51. The van der Waals surface area contributed by atoms with Gasteiger partial charge in [0.1, 0.15) is 6.10 Å². The van der Waals surface area contributed by atoms with Gasteiger partial charge in [-0.15, -0.1) is 11.3 Å². The molecule has 28 heavy (non-hydrogen) atoms. The number of nitrogens with zero attached hydrogens (tertiary/aromatic N) is 4. The van der Waals surface area contributed by atoms with Gasteiger partial charge >= 0.3 is 0 Å². The summed E-state index contributed by atoms with van der Waals surface area (Å²) in [4.78, 5) is 18.6. The van der Waals surface area contributed by atoms with E-state index in [1.165, 1.54) is 5.56 Å². The summed E-state index contributed by atoms with van der Waals surface area (Å²) in [6.45, 7) is 4.99. The maximum atomic E-state index is 12.7. The molecular weight excluding hydrogens is 374 g/mol. The van der Waals surface area contributed by atoms with Gasteiger partial charge in [-0.2, -0.15) is 5.10 Å². The van der Waals surface area contributed by atoms with Gasteiger partial charge in [0.2, 0.25) is 0 Å². The van der Waals surface area contributed by atoms with Crippen molar-refractivity contribution in [3.8, 4) is 0 Å². The van der Waals surface area contributed by atoms with E-state index in [2.05, 4.69) is 33.5 Å². The molecule has 1 N–H and O–H groups in total. The molecule has 2 aromatic rings. The normalized spacial score (nSPS) is 23.1. The number of hydrogen-bond donors (Lipinski definition) is 1. The minimum absolute atomic E-state index is 0.00267. The molecule has 7 nitrogen and oxygen atoms in total. The number of likely N-dealkylation sites (tertiary alicyclic amines) is 1. The maximum Gasteiger partial charge on any atom is 0.250 e. The average molecular weight is 404 g/mol. The van der Waals surface area contributed by atoms with Crippen molar-refractivity contribution in [2.75, 3.05) is 33.2 Å². The zero-order valence-corrected chi connectivity index (χ0v) is 17.5. The molecule has 0 unspecified atom stereocenters. The lowest BCUT2D eigenvalue weighted by molar-refractivity contribution is -0.182. The number of hydrogen-bond acceptors (Lipinski definition) is 6. The van der Waals surface area contributed by atoms with Crippen LogP contribution in [0.25, 0.3) is 0 Å². The van der Waals surface area contributed by atoms with Crippen molar-refractivity contribution in [1.29, 1.82) is 0 Å². The van der Waals surface area contributed by atoms with Crippen LogP contribution >= 0.6 is 11.3 Å². The number of aryl methyl sites for hydroxylation is 1. The van der Waals surface area contributed by atoms with Crippen molar-refractivity contribution in [3.05, 3.63) is 40.3 Å². The number of rotatable bonds is 5. The highest BCUT2D eigenvalue weighted by atomic mass is 32.1. The van der Waals surface area contributed by atoms with Crippen LogP contribution in [-0.4, -0.2) is 70.4 Å². The third-order valence-electron chi connectivity index (χ3n) is 5.67. The van der Waals surface area contributed by atoms with Crippen molar-refractivity contribution in [1.82, 2.24) is 24.9 Å². The first-order valence-electron chi connectivity index (χ1n) is 9.88. The maximum absolute atomic E-state index is 12.7. The predicted molar refractivity (Wildman–Crippen MR) is 109 cm³/mol. The highest BCUT2D eigenvalue weighted by molar-refractivity contribution is 7.09. The van der Waals surface area contributed by atoms with E-state index in [9.17, 15) is 4.79 Å². The SMILES string of the molecule is CN1C[C@H](C(=O)NCc2cccs2)OC2(CCN(Cc3cnn(C)c3)CC2)C1. The fourth-order valence-electron chi connectivity index (χ4n) is 4.26. The lowest BCUT2D eigenvalue weighted by Gasteiger charge is -2.48. The fraction of sp³-hybridized carbons (Fsp3) is 0.600. The molecule has 0 bridgehead atoms. The van der Waals surface area contributed by atoms with Gasteiger partial charge in [-0.25, -0.2) is 0 Å². The molecule has 2 aliphatic rings. The van der Waals surface area contributed by atoms with Crippen molar-refractivity contribution >= 4 is 17.2 Å². The molecule has 0 aliphatic carbocycles. The quantitative estimate of drug-likeness (QED) is 0.819. The van der Waals surface area contributed by atoms with Crippen LogP contribution in [0.5, 0.6) is 0 Å². The molecule has 0 radical (unpaired) electrons. The van der Waals surface area contributed by atoms with Crippen molar-refractivity contribution in [3.63, 3.8) is 0 Å². The number of likely N-dealkylation sites (N-methyl/N-ethyl adjacent to an activating group) is 1. The van der Waals surface area contributed by atoms with E-state index in [4.69, 9.17) is 4.74 Å². The molecule has 4 rings (SSSR count). The molecule has 0 saturated carbocycles. The van der Waals surface area contributed by atoms with Crippen molar-refractivity contribution < 1.29 is 9.53 Å². The summed E-state index contributed by atoms with van der Waals surface area (Å²) in [5.41, 5.74) is 1.02. The van der Waals surface area contributed by atoms with Crippen LogP contribution in [0.3, 0.4) is 0 Å². The second-order valence-electron chi connectivity index (χ2n) is 8.08. The monoisotopic (exact) mass is 403 g/mol. The molecule has 2 aromatic heterocycles. The van der Waals surface area contributed by atoms with E-state index >= 15 is 0 Å². The molecule has 8 heteroatoms. The lowest BCUT2D eigenvalue weighted by atomic mass is 9.88. The Balaban J connectivity index is 1.32. The molecule has 2 saturated heterocycles. The predicted octanol–water partition coefficient (Wildman–Crippen LogP) is 1.46. The zero-order chi connectivity index (χ0) is 19.6. The Labute approximate surface area is 170 Å². The van der Waals surface area contributed by atoms with Gasteiger partial charge in [-0.1, -0.05) is 6.07 Å². The molecule has 4 heterocycles. The van der Waals surface area contributed by atoms with Crippen LogP contribution in [0.4, 0.5) is 0 Å².